The van der Waals surface area contributed by atoms with E-state index < -0.39 is 0 Å². The molecule has 60 valence electrons. The summed E-state index contributed by atoms with van der Waals surface area (Å²) < 4.78 is 0. The van der Waals surface area contributed by atoms with E-state index >= 15 is 0 Å². The predicted octanol–water partition coefficient (Wildman–Crippen LogP) is 1.70. The lowest BCUT2D eigenvalue weighted by atomic mass is 10.2. The summed E-state index contributed by atoms with van der Waals surface area (Å²) in [5.41, 5.74) is 1.12. The number of aromatic nitrogens is 1. The van der Waals surface area contributed by atoms with E-state index in [4.69, 9.17) is 0 Å². The first-order valence-electron chi connectivity index (χ1n) is 3.79. The molecule has 0 bridgehead atoms. The molecule has 0 amide bonds. The van der Waals surface area contributed by atoms with Crippen LogP contribution in [0.5, 0.6) is 0 Å². The smallest absolute Gasteiger partial charge is 0.0572 e. The quantitative estimate of drug-likeness (QED) is 0.638. The highest BCUT2D eigenvalue weighted by atomic mass is 15.1. The van der Waals surface area contributed by atoms with Gasteiger partial charge < -0.3 is 4.90 Å². The standard InChI is InChI=1S/C9H14N2/c1-8(11(2)3)9-6-4-5-7-10-9/h4-8H,1-3H3. The van der Waals surface area contributed by atoms with Gasteiger partial charge in [-0.2, -0.15) is 0 Å². The zero-order valence-electron chi connectivity index (χ0n) is 7.28. The Morgan fingerprint density at radius 3 is 2.55 bits per heavy atom. The van der Waals surface area contributed by atoms with Crippen LogP contribution in [0, 0.1) is 0 Å². The molecule has 0 aliphatic heterocycles. The predicted molar refractivity (Wildman–Crippen MR) is 46.3 cm³/mol. The number of nitrogens with zero attached hydrogens (tertiary/aromatic N) is 2. The van der Waals surface area contributed by atoms with Crippen LogP contribution in [-0.2, 0) is 0 Å². The Morgan fingerprint density at radius 2 is 2.09 bits per heavy atom. The van der Waals surface area contributed by atoms with E-state index in [-0.39, 0.29) is 0 Å². The van der Waals surface area contributed by atoms with Crippen molar-refractivity contribution in [1.82, 2.24) is 9.88 Å². The van der Waals surface area contributed by atoms with Gasteiger partial charge >= 0.3 is 0 Å². The zero-order valence-corrected chi connectivity index (χ0v) is 7.28. The first-order chi connectivity index (χ1) is 5.22. The lowest BCUT2D eigenvalue weighted by molar-refractivity contribution is 0.315. The molecule has 1 heterocycles. The van der Waals surface area contributed by atoms with Crippen molar-refractivity contribution in [2.45, 2.75) is 13.0 Å². The van der Waals surface area contributed by atoms with Crippen molar-refractivity contribution < 1.29 is 0 Å². The molecule has 0 spiro atoms. The Labute approximate surface area is 67.9 Å². The average Bonchev–Trinajstić information content (AvgIpc) is 2.05. The molecule has 0 aliphatic rings. The number of hydrogen-bond donors (Lipinski definition) is 0. The van der Waals surface area contributed by atoms with Crippen molar-refractivity contribution in [1.29, 1.82) is 0 Å². The SMILES string of the molecule is CC(c1ccccn1)N(C)C. The van der Waals surface area contributed by atoms with Gasteiger partial charge in [0.15, 0.2) is 0 Å². The van der Waals surface area contributed by atoms with Crippen LogP contribution in [0.1, 0.15) is 18.7 Å². The van der Waals surface area contributed by atoms with E-state index in [1.165, 1.54) is 0 Å². The molecule has 11 heavy (non-hydrogen) atoms. The van der Waals surface area contributed by atoms with Gasteiger partial charge in [0.25, 0.3) is 0 Å². The zero-order chi connectivity index (χ0) is 8.27. The van der Waals surface area contributed by atoms with Crippen LogP contribution in [0.2, 0.25) is 0 Å². The van der Waals surface area contributed by atoms with E-state index in [0.717, 1.165) is 5.69 Å². The summed E-state index contributed by atoms with van der Waals surface area (Å²) in [5.74, 6) is 0. The van der Waals surface area contributed by atoms with Crippen molar-refractivity contribution in [3.8, 4) is 0 Å². The molecule has 1 atom stereocenters. The topological polar surface area (TPSA) is 16.1 Å². The van der Waals surface area contributed by atoms with Gasteiger partial charge in [0.05, 0.1) is 5.69 Å². The van der Waals surface area contributed by atoms with Crippen LogP contribution in [0.3, 0.4) is 0 Å². The molecule has 1 aromatic heterocycles. The van der Waals surface area contributed by atoms with Gasteiger partial charge in [-0.15, -0.1) is 0 Å². The van der Waals surface area contributed by atoms with Gasteiger partial charge in [0, 0.05) is 12.2 Å². The summed E-state index contributed by atoms with van der Waals surface area (Å²) in [5, 5.41) is 0. The van der Waals surface area contributed by atoms with Crippen LogP contribution in [0.4, 0.5) is 0 Å². The second kappa shape index (κ2) is 3.49. The monoisotopic (exact) mass is 150 g/mol. The third kappa shape index (κ3) is 2.02. The Morgan fingerprint density at radius 1 is 1.36 bits per heavy atom. The third-order valence-electron chi connectivity index (χ3n) is 1.89. The summed E-state index contributed by atoms with van der Waals surface area (Å²) >= 11 is 0. The summed E-state index contributed by atoms with van der Waals surface area (Å²) in [4.78, 5) is 6.40. The van der Waals surface area contributed by atoms with Crippen LogP contribution < -0.4 is 0 Å². The lowest BCUT2D eigenvalue weighted by Gasteiger charge is -2.18. The molecular formula is C9H14N2. The molecular weight excluding hydrogens is 136 g/mol. The molecule has 0 aromatic carbocycles. The highest BCUT2D eigenvalue weighted by molar-refractivity contribution is 5.07. The first kappa shape index (κ1) is 8.21. The van der Waals surface area contributed by atoms with Gasteiger partial charge in [-0.05, 0) is 33.2 Å². The molecule has 0 saturated heterocycles. The summed E-state index contributed by atoms with van der Waals surface area (Å²) in [7, 11) is 4.11. The highest BCUT2D eigenvalue weighted by Crippen LogP contribution is 2.12. The third-order valence-corrected chi connectivity index (χ3v) is 1.89. The molecule has 1 unspecified atom stereocenters. The van der Waals surface area contributed by atoms with Crippen LogP contribution >= 0.6 is 0 Å². The van der Waals surface area contributed by atoms with Gasteiger partial charge in [-0.1, -0.05) is 6.07 Å². The maximum absolute atomic E-state index is 4.26. The number of hydrogen-bond acceptors (Lipinski definition) is 2. The Bertz CT molecular complexity index is 206. The fourth-order valence-electron chi connectivity index (χ4n) is 0.888. The number of pyridine rings is 1. The minimum absolute atomic E-state index is 0.399. The summed E-state index contributed by atoms with van der Waals surface area (Å²) in [6.07, 6.45) is 1.83. The largest absolute Gasteiger partial charge is 0.301 e. The molecule has 0 aliphatic carbocycles. The molecule has 1 aromatic rings. The first-order valence-corrected chi connectivity index (χ1v) is 3.79. The van der Waals surface area contributed by atoms with Crippen LogP contribution in [-0.4, -0.2) is 24.0 Å². The molecule has 0 radical (unpaired) electrons. The number of rotatable bonds is 2. The summed E-state index contributed by atoms with van der Waals surface area (Å²) in [6.45, 7) is 2.14. The molecule has 2 nitrogen and oxygen atoms in total. The van der Waals surface area contributed by atoms with E-state index in [1.54, 1.807) is 0 Å². The van der Waals surface area contributed by atoms with E-state index in [2.05, 4.69) is 30.9 Å². The fraction of sp³-hybridized carbons (Fsp3) is 0.444. The van der Waals surface area contributed by atoms with Crippen molar-refractivity contribution in [3.63, 3.8) is 0 Å². The second-order valence-electron chi connectivity index (χ2n) is 2.89. The van der Waals surface area contributed by atoms with Crippen molar-refractivity contribution in [2.24, 2.45) is 0 Å². The molecule has 1 rings (SSSR count). The molecule has 0 saturated carbocycles. The average molecular weight is 150 g/mol. The minimum atomic E-state index is 0.399. The van der Waals surface area contributed by atoms with Crippen molar-refractivity contribution in [2.75, 3.05) is 14.1 Å². The maximum atomic E-state index is 4.26. The summed E-state index contributed by atoms with van der Waals surface area (Å²) in [6, 6.07) is 6.40. The Hall–Kier alpha value is -0.890. The minimum Gasteiger partial charge on any atom is -0.301 e. The van der Waals surface area contributed by atoms with E-state index in [0.29, 0.717) is 6.04 Å². The van der Waals surface area contributed by atoms with Crippen LogP contribution in [0.25, 0.3) is 0 Å². The fourth-order valence-corrected chi connectivity index (χ4v) is 0.888. The molecule has 0 N–H and O–H groups in total. The highest BCUT2D eigenvalue weighted by Gasteiger charge is 2.06. The Kier molecular flexibility index (Phi) is 2.60. The lowest BCUT2D eigenvalue weighted by Crippen LogP contribution is -2.17. The van der Waals surface area contributed by atoms with E-state index in [9.17, 15) is 0 Å². The van der Waals surface area contributed by atoms with Crippen molar-refractivity contribution in [3.05, 3.63) is 30.1 Å². The van der Waals surface area contributed by atoms with E-state index in [1.807, 2.05) is 24.4 Å². The normalized spacial score (nSPS) is 13.5. The Balaban J connectivity index is 2.77. The van der Waals surface area contributed by atoms with Crippen molar-refractivity contribution >= 4 is 0 Å². The second-order valence-corrected chi connectivity index (χ2v) is 2.89. The molecule has 2 heteroatoms. The van der Waals surface area contributed by atoms with Gasteiger partial charge in [-0.3, -0.25) is 4.98 Å². The van der Waals surface area contributed by atoms with Gasteiger partial charge in [0.1, 0.15) is 0 Å². The van der Waals surface area contributed by atoms with Crippen LogP contribution in [0.15, 0.2) is 24.4 Å². The maximum Gasteiger partial charge on any atom is 0.0572 e. The van der Waals surface area contributed by atoms with Gasteiger partial charge in [-0.25, -0.2) is 0 Å². The molecule has 0 fully saturated rings. The van der Waals surface area contributed by atoms with Gasteiger partial charge in [0.2, 0.25) is 0 Å².